The number of sulfonamides is 1. The number of morpholine rings is 1. The van der Waals surface area contributed by atoms with Crippen molar-refractivity contribution in [2.45, 2.75) is 31.0 Å². The van der Waals surface area contributed by atoms with Crippen LogP contribution in [0.2, 0.25) is 0 Å². The van der Waals surface area contributed by atoms with Crippen LogP contribution in [-0.4, -0.2) is 45.1 Å². The molecule has 1 aliphatic rings. The molecule has 1 heterocycles. The molecule has 7 heteroatoms. The average Bonchev–Trinajstić information content (AvgIpc) is 2.37. The quantitative estimate of drug-likeness (QED) is 0.826. The van der Waals surface area contributed by atoms with E-state index in [1.165, 1.54) is 11.4 Å². The van der Waals surface area contributed by atoms with E-state index in [1.54, 1.807) is 18.2 Å². The number of hydrogen-bond donors (Lipinski definition) is 0. The highest BCUT2D eigenvalue weighted by Gasteiger charge is 2.34. The minimum atomic E-state index is -3.59. The lowest BCUT2D eigenvalue weighted by atomic mass is 10.3. The number of nitrogens with zero attached hydrogens (tertiary/aromatic N) is 1. The lowest BCUT2D eigenvalue weighted by molar-refractivity contribution is -0.0441. The topological polar surface area (TPSA) is 55.8 Å². The molecule has 1 aromatic rings. The standard InChI is InChI=1S/C13H18BrNO4S/c1-9-7-15(8-10(2)19-9)20(16,17)13-6-11(14)4-5-12(13)18-3/h4-6,9-10H,7-8H2,1-3H3/t9-,10-/m0/s1. The van der Waals surface area contributed by atoms with Crippen LogP contribution in [0.25, 0.3) is 0 Å². The molecule has 0 aliphatic carbocycles. The molecule has 1 aliphatic heterocycles. The third-order valence-corrected chi connectivity index (χ3v) is 5.48. The second kappa shape index (κ2) is 6.01. The summed E-state index contributed by atoms with van der Waals surface area (Å²) in [7, 11) is -2.13. The Morgan fingerprint density at radius 2 is 1.90 bits per heavy atom. The molecule has 112 valence electrons. The predicted octanol–water partition coefficient (Wildman–Crippen LogP) is 2.26. The predicted molar refractivity (Wildman–Crippen MR) is 79.5 cm³/mol. The molecule has 0 spiro atoms. The zero-order valence-electron chi connectivity index (χ0n) is 11.7. The van der Waals surface area contributed by atoms with Gasteiger partial charge >= 0.3 is 0 Å². The van der Waals surface area contributed by atoms with Gasteiger partial charge in [0, 0.05) is 17.6 Å². The fourth-order valence-corrected chi connectivity index (χ4v) is 4.60. The summed E-state index contributed by atoms with van der Waals surface area (Å²) in [5, 5.41) is 0. The lowest BCUT2D eigenvalue weighted by Crippen LogP contribution is -2.48. The van der Waals surface area contributed by atoms with E-state index >= 15 is 0 Å². The maximum absolute atomic E-state index is 12.8. The van der Waals surface area contributed by atoms with Crippen molar-refractivity contribution < 1.29 is 17.9 Å². The van der Waals surface area contributed by atoms with E-state index in [4.69, 9.17) is 9.47 Å². The van der Waals surface area contributed by atoms with Crippen LogP contribution < -0.4 is 4.74 Å². The third kappa shape index (κ3) is 3.16. The van der Waals surface area contributed by atoms with Gasteiger partial charge in [0.05, 0.1) is 19.3 Å². The highest BCUT2D eigenvalue weighted by atomic mass is 79.9. The summed E-state index contributed by atoms with van der Waals surface area (Å²) in [5.41, 5.74) is 0. The van der Waals surface area contributed by atoms with Crippen molar-refractivity contribution in [2.24, 2.45) is 0 Å². The molecule has 1 fully saturated rings. The number of benzene rings is 1. The summed E-state index contributed by atoms with van der Waals surface area (Å²) in [4.78, 5) is 0.177. The van der Waals surface area contributed by atoms with Crippen molar-refractivity contribution in [1.82, 2.24) is 4.31 Å². The van der Waals surface area contributed by atoms with E-state index in [9.17, 15) is 8.42 Å². The first-order chi connectivity index (χ1) is 9.34. The Kier molecular flexibility index (Phi) is 4.73. The Hall–Kier alpha value is -0.630. The molecule has 0 radical (unpaired) electrons. The fraction of sp³-hybridized carbons (Fsp3) is 0.538. The van der Waals surface area contributed by atoms with Crippen molar-refractivity contribution >= 4 is 26.0 Å². The third-order valence-electron chi connectivity index (χ3n) is 3.13. The second-order valence-corrected chi connectivity index (χ2v) is 7.70. The van der Waals surface area contributed by atoms with Gasteiger partial charge in [0.25, 0.3) is 0 Å². The minimum Gasteiger partial charge on any atom is -0.495 e. The van der Waals surface area contributed by atoms with Gasteiger partial charge < -0.3 is 9.47 Å². The molecular formula is C13H18BrNO4S. The Morgan fingerprint density at radius 1 is 1.30 bits per heavy atom. The van der Waals surface area contributed by atoms with Crippen molar-refractivity contribution in [2.75, 3.05) is 20.2 Å². The summed E-state index contributed by atoms with van der Waals surface area (Å²) >= 11 is 3.30. The van der Waals surface area contributed by atoms with E-state index in [0.717, 1.165) is 0 Å². The number of ether oxygens (including phenoxy) is 2. The van der Waals surface area contributed by atoms with E-state index in [1.807, 2.05) is 13.8 Å². The van der Waals surface area contributed by atoms with Crippen LogP contribution in [0.3, 0.4) is 0 Å². The largest absolute Gasteiger partial charge is 0.495 e. The van der Waals surface area contributed by atoms with E-state index in [2.05, 4.69) is 15.9 Å². The maximum atomic E-state index is 12.8. The second-order valence-electron chi connectivity index (χ2n) is 4.87. The summed E-state index contributed by atoms with van der Waals surface area (Å²) in [6.07, 6.45) is -0.238. The molecule has 0 unspecified atom stereocenters. The number of methoxy groups -OCH3 is 1. The first-order valence-electron chi connectivity index (χ1n) is 6.33. The van der Waals surface area contributed by atoms with Crippen LogP contribution in [0.5, 0.6) is 5.75 Å². The molecule has 2 rings (SSSR count). The SMILES string of the molecule is COc1ccc(Br)cc1S(=O)(=O)N1C[C@H](C)O[C@@H](C)C1. The summed E-state index contributed by atoms with van der Waals surface area (Å²) in [6.45, 7) is 4.44. The van der Waals surface area contributed by atoms with Crippen LogP contribution in [-0.2, 0) is 14.8 Å². The summed E-state index contributed by atoms with van der Waals surface area (Å²) < 4.78 is 38.5. The molecule has 20 heavy (non-hydrogen) atoms. The van der Waals surface area contributed by atoms with Gasteiger partial charge in [-0.05, 0) is 32.0 Å². The molecule has 1 aromatic carbocycles. The van der Waals surface area contributed by atoms with Crippen molar-refractivity contribution in [3.63, 3.8) is 0 Å². The van der Waals surface area contributed by atoms with Crippen molar-refractivity contribution in [3.8, 4) is 5.75 Å². The van der Waals surface area contributed by atoms with Gasteiger partial charge in [-0.2, -0.15) is 4.31 Å². The van der Waals surface area contributed by atoms with Gasteiger partial charge in [0.1, 0.15) is 10.6 Å². The molecule has 0 saturated carbocycles. The van der Waals surface area contributed by atoms with Gasteiger partial charge in [-0.1, -0.05) is 15.9 Å². The zero-order valence-corrected chi connectivity index (χ0v) is 14.1. The number of halogens is 1. The molecule has 2 atom stereocenters. The van der Waals surface area contributed by atoms with Crippen LogP contribution in [0, 0.1) is 0 Å². The van der Waals surface area contributed by atoms with Crippen LogP contribution in [0.15, 0.2) is 27.6 Å². The summed E-state index contributed by atoms with van der Waals surface area (Å²) in [6, 6.07) is 4.96. The molecule has 0 N–H and O–H groups in total. The Balaban J connectivity index is 2.42. The highest BCUT2D eigenvalue weighted by Crippen LogP contribution is 2.31. The highest BCUT2D eigenvalue weighted by molar-refractivity contribution is 9.10. The first-order valence-corrected chi connectivity index (χ1v) is 8.57. The van der Waals surface area contributed by atoms with Gasteiger partial charge in [-0.15, -0.1) is 0 Å². The van der Waals surface area contributed by atoms with Gasteiger partial charge in [0.2, 0.25) is 10.0 Å². The van der Waals surface area contributed by atoms with E-state index < -0.39 is 10.0 Å². The van der Waals surface area contributed by atoms with E-state index in [0.29, 0.717) is 23.3 Å². The average molecular weight is 364 g/mol. The van der Waals surface area contributed by atoms with Gasteiger partial charge in [-0.3, -0.25) is 0 Å². The number of hydrogen-bond acceptors (Lipinski definition) is 4. The molecular weight excluding hydrogens is 346 g/mol. The van der Waals surface area contributed by atoms with Crippen molar-refractivity contribution in [1.29, 1.82) is 0 Å². The monoisotopic (exact) mass is 363 g/mol. The fourth-order valence-electron chi connectivity index (χ4n) is 2.32. The summed E-state index contributed by atoms with van der Waals surface area (Å²) in [5.74, 6) is 0.347. The molecule has 0 aromatic heterocycles. The smallest absolute Gasteiger partial charge is 0.246 e. The van der Waals surface area contributed by atoms with E-state index in [-0.39, 0.29) is 17.1 Å². The molecule has 0 amide bonds. The van der Waals surface area contributed by atoms with Crippen LogP contribution in [0.1, 0.15) is 13.8 Å². The molecule has 0 bridgehead atoms. The maximum Gasteiger partial charge on any atom is 0.246 e. The van der Waals surface area contributed by atoms with Gasteiger partial charge in [-0.25, -0.2) is 8.42 Å². The van der Waals surface area contributed by atoms with Crippen LogP contribution in [0.4, 0.5) is 0 Å². The minimum absolute atomic E-state index is 0.119. The Bertz CT molecular complexity index is 580. The normalized spacial score (nSPS) is 24.6. The Labute approximate surface area is 128 Å². The lowest BCUT2D eigenvalue weighted by Gasteiger charge is -2.34. The molecule has 5 nitrogen and oxygen atoms in total. The zero-order chi connectivity index (χ0) is 14.9. The van der Waals surface area contributed by atoms with Gasteiger partial charge in [0.15, 0.2) is 0 Å². The number of rotatable bonds is 3. The molecule has 1 saturated heterocycles. The Morgan fingerprint density at radius 3 is 2.45 bits per heavy atom. The first kappa shape index (κ1) is 15.8. The van der Waals surface area contributed by atoms with Crippen molar-refractivity contribution in [3.05, 3.63) is 22.7 Å². The van der Waals surface area contributed by atoms with Crippen LogP contribution >= 0.6 is 15.9 Å².